The van der Waals surface area contributed by atoms with Crippen LogP contribution in [0.5, 0.6) is 0 Å². The lowest BCUT2D eigenvalue weighted by Gasteiger charge is -2.13. The lowest BCUT2D eigenvalue weighted by atomic mass is 9.97. The van der Waals surface area contributed by atoms with Crippen LogP contribution < -0.4 is 11.5 Å². The van der Waals surface area contributed by atoms with E-state index < -0.39 is 0 Å². The fourth-order valence-electron chi connectivity index (χ4n) is 2.20. The van der Waals surface area contributed by atoms with Gasteiger partial charge in [0.1, 0.15) is 0 Å². The van der Waals surface area contributed by atoms with Crippen molar-refractivity contribution in [2.45, 2.75) is 0 Å². The van der Waals surface area contributed by atoms with Crippen molar-refractivity contribution < 1.29 is 0 Å². The van der Waals surface area contributed by atoms with Gasteiger partial charge in [-0.05, 0) is 23.8 Å². The Kier molecular flexibility index (Phi) is 2.68. The molecule has 0 aliphatic heterocycles. The van der Waals surface area contributed by atoms with Gasteiger partial charge in [-0.1, -0.05) is 30.3 Å². The smallest absolute Gasteiger partial charge is 0.0671 e. The molecule has 0 saturated carbocycles. The van der Waals surface area contributed by atoms with Crippen LogP contribution in [0.4, 0.5) is 11.4 Å². The van der Waals surface area contributed by atoms with Gasteiger partial charge in [-0.25, -0.2) is 0 Å². The maximum absolute atomic E-state index is 6.28. The molecule has 1 aromatic heterocycles. The number of benzene rings is 2. The quantitative estimate of drug-likeness (QED) is 0.612. The molecule has 4 nitrogen and oxygen atoms in total. The predicted octanol–water partition coefficient (Wildman–Crippen LogP) is 2.91. The van der Waals surface area contributed by atoms with Gasteiger partial charge in [0.25, 0.3) is 0 Å². The van der Waals surface area contributed by atoms with Gasteiger partial charge >= 0.3 is 0 Å². The number of H-pyrrole nitrogens is 1. The first-order valence-corrected chi connectivity index (χ1v) is 6.00. The summed E-state index contributed by atoms with van der Waals surface area (Å²) in [6.07, 6.45) is 1.70. The van der Waals surface area contributed by atoms with E-state index in [2.05, 4.69) is 10.2 Å². The highest BCUT2D eigenvalue weighted by molar-refractivity contribution is 5.94. The molecule has 3 rings (SSSR count). The number of rotatable bonds is 2. The molecule has 3 aromatic rings. The van der Waals surface area contributed by atoms with Gasteiger partial charge < -0.3 is 11.5 Å². The Balaban J connectivity index is 2.23. The Morgan fingerprint density at radius 3 is 2.37 bits per heavy atom. The van der Waals surface area contributed by atoms with Gasteiger partial charge in [0.15, 0.2) is 0 Å². The summed E-state index contributed by atoms with van der Waals surface area (Å²) in [5.74, 6) is 0. The van der Waals surface area contributed by atoms with Crippen LogP contribution in [0.25, 0.3) is 22.4 Å². The zero-order valence-electron chi connectivity index (χ0n) is 10.3. The fraction of sp³-hybridized carbons (Fsp3) is 0. The zero-order valence-corrected chi connectivity index (χ0v) is 10.3. The minimum absolute atomic E-state index is 0.662. The van der Waals surface area contributed by atoms with Crippen LogP contribution in [0.15, 0.2) is 54.7 Å². The highest BCUT2D eigenvalue weighted by atomic mass is 15.1. The van der Waals surface area contributed by atoms with Crippen LogP contribution in [-0.4, -0.2) is 10.2 Å². The van der Waals surface area contributed by atoms with Gasteiger partial charge in [0, 0.05) is 23.0 Å². The molecule has 5 N–H and O–H groups in total. The Bertz CT molecular complexity index is 688. The maximum atomic E-state index is 6.28. The van der Waals surface area contributed by atoms with E-state index in [0.717, 1.165) is 22.4 Å². The lowest BCUT2D eigenvalue weighted by Crippen LogP contribution is -1.99. The molecule has 0 amide bonds. The summed E-state index contributed by atoms with van der Waals surface area (Å²) in [5, 5.41) is 6.87. The second kappa shape index (κ2) is 4.49. The van der Waals surface area contributed by atoms with E-state index in [1.54, 1.807) is 6.20 Å². The largest absolute Gasteiger partial charge is 0.398 e. The predicted molar refractivity (Wildman–Crippen MR) is 78.3 cm³/mol. The van der Waals surface area contributed by atoms with Crippen molar-refractivity contribution in [2.24, 2.45) is 0 Å². The Morgan fingerprint density at radius 2 is 1.68 bits per heavy atom. The minimum Gasteiger partial charge on any atom is -0.398 e. The van der Waals surface area contributed by atoms with Gasteiger partial charge in [-0.2, -0.15) is 5.10 Å². The SMILES string of the molecule is Nc1ccc(-c2ccn[nH]2)c(N)c1-c1ccccc1. The molecule has 2 aromatic carbocycles. The van der Waals surface area contributed by atoms with E-state index in [0.29, 0.717) is 11.4 Å². The first-order valence-electron chi connectivity index (χ1n) is 6.00. The molecule has 19 heavy (non-hydrogen) atoms. The average molecular weight is 250 g/mol. The molecule has 0 spiro atoms. The van der Waals surface area contributed by atoms with Crippen LogP contribution in [0, 0.1) is 0 Å². The summed E-state index contributed by atoms with van der Waals surface area (Å²) in [6, 6.07) is 15.6. The highest BCUT2D eigenvalue weighted by Crippen LogP contribution is 2.37. The Hall–Kier alpha value is -2.75. The number of nitrogens with two attached hydrogens (primary N) is 2. The van der Waals surface area contributed by atoms with Crippen LogP contribution in [0.2, 0.25) is 0 Å². The van der Waals surface area contributed by atoms with Crippen LogP contribution in [0.3, 0.4) is 0 Å². The monoisotopic (exact) mass is 250 g/mol. The number of nitrogen functional groups attached to an aromatic ring is 2. The average Bonchev–Trinajstić information content (AvgIpc) is 2.94. The number of nitrogens with one attached hydrogen (secondary N) is 1. The van der Waals surface area contributed by atoms with Crippen molar-refractivity contribution in [3.63, 3.8) is 0 Å². The number of hydrogen-bond acceptors (Lipinski definition) is 3. The van der Waals surface area contributed by atoms with Crippen LogP contribution in [0.1, 0.15) is 0 Å². The molecule has 0 fully saturated rings. The van der Waals surface area contributed by atoms with Crippen LogP contribution >= 0.6 is 0 Å². The van der Waals surface area contributed by atoms with Crippen molar-refractivity contribution in [2.75, 3.05) is 11.5 Å². The van der Waals surface area contributed by atoms with E-state index in [1.807, 2.05) is 48.5 Å². The summed E-state index contributed by atoms with van der Waals surface area (Å²) in [4.78, 5) is 0. The number of nitrogens with zero attached hydrogens (tertiary/aromatic N) is 1. The second-order valence-electron chi connectivity index (χ2n) is 4.33. The third-order valence-corrected chi connectivity index (χ3v) is 3.13. The van der Waals surface area contributed by atoms with E-state index in [-0.39, 0.29) is 0 Å². The molecule has 0 aliphatic carbocycles. The van der Waals surface area contributed by atoms with Crippen molar-refractivity contribution in [1.29, 1.82) is 0 Å². The summed E-state index contributed by atoms with van der Waals surface area (Å²) < 4.78 is 0. The molecule has 4 heteroatoms. The molecule has 0 saturated heterocycles. The molecule has 0 unspecified atom stereocenters. The van der Waals surface area contributed by atoms with E-state index in [1.165, 1.54) is 0 Å². The molecule has 0 atom stereocenters. The van der Waals surface area contributed by atoms with Gasteiger partial charge in [0.2, 0.25) is 0 Å². The lowest BCUT2D eigenvalue weighted by molar-refractivity contribution is 1.10. The molecule has 94 valence electrons. The summed E-state index contributed by atoms with van der Waals surface area (Å²) in [6.45, 7) is 0. The van der Waals surface area contributed by atoms with Crippen molar-refractivity contribution in [1.82, 2.24) is 10.2 Å². The van der Waals surface area contributed by atoms with E-state index in [4.69, 9.17) is 11.5 Å². The number of anilines is 2. The van der Waals surface area contributed by atoms with Crippen molar-refractivity contribution >= 4 is 11.4 Å². The molecule has 1 heterocycles. The first kappa shape index (κ1) is 11.3. The molecule has 0 aliphatic rings. The standard InChI is InChI=1S/C15H14N4/c16-12-7-6-11(13-8-9-18-19-13)15(17)14(12)10-4-2-1-3-5-10/h1-9H,16-17H2,(H,18,19). The van der Waals surface area contributed by atoms with E-state index >= 15 is 0 Å². The Labute approximate surface area is 111 Å². The third kappa shape index (κ3) is 1.93. The van der Waals surface area contributed by atoms with Crippen molar-refractivity contribution in [3.8, 4) is 22.4 Å². The van der Waals surface area contributed by atoms with Crippen molar-refractivity contribution in [3.05, 3.63) is 54.7 Å². The Morgan fingerprint density at radius 1 is 0.895 bits per heavy atom. The zero-order chi connectivity index (χ0) is 13.2. The number of aromatic amines is 1. The van der Waals surface area contributed by atoms with Gasteiger partial charge in [-0.3, -0.25) is 5.10 Å². The first-order chi connectivity index (χ1) is 9.27. The molecule has 0 bridgehead atoms. The number of aromatic nitrogens is 2. The second-order valence-corrected chi connectivity index (χ2v) is 4.33. The third-order valence-electron chi connectivity index (χ3n) is 3.13. The topological polar surface area (TPSA) is 80.7 Å². The van der Waals surface area contributed by atoms with E-state index in [9.17, 15) is 0 Å². The fourth-order valence-corrected chi connectivity index (χ4v) is 2.20. The summed E-state index contributed by atoms with van der Waals surface area (Å²) in [7, 11) is 0. The molecular weight excluding hydrogens is 236 g/mol. The number of hydrogen-bond donors (Lipinski definition) is 3. The highest BCUT2D eigenvalue weighted by Gasteiger charge is 2.12. The van der Waals surface area contributed by atoms with Gasteiger partial charge in [-0.15, -0.1) is 0 Å². The van der Waals surface area contributed by atoms with Crippen LogP contribution in [-0.2, 0) is 0 Å². The molecule has 0 radical (unpaired) electrons. The summed E-state index contributed by atoms with van der Waals surface area (Å²) >= 11 is 0. The maximum Gasteiger partial charge on any atom is 0.0671 e. The summed E-state index contributed by atoms with van der Waals surface area (Å²) in [5.41, 5.74) is 17.4. The molecular formula is C15H14N4. The normalized spacial score (nSPS) is 10.5. The van der Waals surface area contributed by atoms with Gasteiger partial charge in [0.05, 0.1) is 11.4 Å². The minimum atomic E-state index is 0.662.